The highest BCUT2D eigenvalue weighted by atomic mass is 16.2. The van der Waals surface area contributed by atoms with Gasteiger partial charge < -0.3 is 15.5 Å². The number of nitrogens with one attached hydrogen (secondary N) is 4. The second-order valence-corrected chi connectivity index (χ2v) is 8.12. The Morgan fingerprint density at radius 2 is 1.77 bits per heavy atom. The van der Waals surface area contributed by atoms with Crippen molar-refractivity contribution in [3.05, 3.63) is 29.8 Å². The zero-order valence-corrected chi connectivity index (χ0v) is 17.5. The molecule has 1 unspecified atom stereocenters. The van der Waals surface area contributed by atoms with Gasteiger partial charge in [0.05, 0.1) is 7.05 Å². The molecule has 4 N–H and O–H groups in total. The Hall–Kier alpha value is -2.94. The van der Waals surface area contributed by atoms with Crippen LogP contribution in [0.2, 0.25) is 0 Å². The number of nitrogens with zero attached hydrogens (tertiary/aromatic N) is 1. The van der Waals surface area contributed by atoms with Crippen molar-refractivity contribution in [2.45, 2.75) is 51.0 Å². The fourth-order valence-corrected chi connectivity index (χ4v) is 4.14. The van der Waals surface area contributed by atoms with Crippen molar-refractivity contribution in [2.75, 3.05) is 25.5 Å². The van der Waals surface area contributed by atoms with Crippen LogP contribution in [-0.4, -0.2) is 54.4 Å². The van der Waals surface area contributed by atoms with Crippen LogP contribution >= 0.6 is 0 Å². The molecule has 2 fully saturated rings. The number of aryl methyl sites for hydroxylation is 1. The molecule has 1 heterocycles. The highest BCUT2D eigenvalue weighted by Crippen LogP contribution is 2.32. The van der Waals surface area contributed by atoms with E-state index < -0.39 is 23.4 Å². The molecule has 0 bridgehead atoms. The van der Waals surface area contributed by atoms with Gasteiger partial charge >= 0.3 is 6.03 Å². The molecular weight excluding hydrogens is 386 g/mol. The summed E-state index contributed by atoms with van der Waals surface area (Å²) in [5.74, 6) is -1.10. The molecule has 0 radical (unpaired) electrons. The van der Waals surface area contributed by atoms with E-state index in [0.29, 0.717) is 17.7 Å². The predicted octanol–water partition coefficient (Wildman–Crippen LogP) is -0.0119. The lowest BCUT2D eigenvalue weighted by Gasteiger charge is -2.30. The third kappa shape index (κ3) is 4.79. The topological polar surface area (TPSA) is 112 Å². The summed E-state index contributed by atoms with van der Waals surface area (Å²) >= 11 is 0. The highest BCUT2D eigenvalue weighted by molar-refractivity contribution is 6.08. The van der Waals surface area contributed by atoms with Crippen LogP contribution in [0.4, 0.5) is 10.5 Å². The van der Waals surface area contributed by atoms with E-state index in [2.05, 4.69) is 16.1 Å². The molecule has 1 aromatic rings. The van der Waals surface area contributed by atoms with Gasteiger partial charge in [-0.05, 0) is 30.9 Å². The van der Waals surface area contributed by atoms with E-state index in [4.69, 9.17) is 0 Å². The minimum atomic E-state index is -0.881. The minimum absolute atomic E-state index is 0.0487. The van der Waals surface area contributed by atoms with Crippen molar-refractivity contribution in [3.63, 3.8) is 0 Å². The number of benzene rings is 1. The van der Waals surface area contributed by atoms with Crippen LogP contribution in [0.25, 0.3) is 0 Å². The normalized spacial score (nSPS) is 18.8. The number of quaternary nitrogens is 1. The van der Waals surface area contributed by atoms with Gasteiger partial charge in [-0.2, -0.15) is 5.01 Å². The average molecular weight is 417 g/mol. The van der Waals surface area contributed by atoms with Gasteiger partial charge in [0.1, 0.15) is 5.54 Å². The van der Waals surface area contributed by atoms with E-state index in [1.54, 1.807) is 7.05 Å². The number of imide groups is 1. The predicted molar refractivity (Wildman–Crippen MR) is 110 cm³/mol. The fourth-order valence-electron chi connectivity index (χ4n) is 4.14. The number of para-hydroxylation sites is 1. The first-order valence-corrected chi connectivity index (χ1v) is 10.5. The summed E-state index contributed by atoms with van der Waals surface area (Å²) < 4.78 is 0. The smallest absolute Gasteiger partial charge is 0.322 e. The van der Waals surface area contributed by atoms with Crippen molar-refractivity contribution in [3.8, 4) is 0 Å². The second kappa shape index (κ2) is 9.25. The molecule has 1 saturated heterocycles. The summed E-state index contributed by atoms with van der Waals surface area (Å²) in [6.45, 7) is 2.04. The summed E-state index contributed by atoms with van der Waals surface area (Å²) in [6, 6.07) is 6.98. The largest absolute Gasteiger partial charge is 0.344 e. The second-order valence-electron chi connectivity index (χ2n) is 8.12. The number of likely N-dealkylation sites (N-methyl/N-ethyl adjacent to an activating group) is 1. The van der Waals surface area contributed by atoms with Gasteiger partial charge in [-0.1, -0.05) is 44.4 Å². The van der Waals surface area contributed by atoms with E-state index in [9.17, 15) is 19.2 Å². The molecule has 9 heteroatoms. The number of urea groups is 1. The molecule has 5 amide bonds. The number of hydrazine groups is 1. The summed E-state index contributed by atoms with van der Waals surface area (Å²) in [7, 11) is 1.71. The molecule has 1 aliphatic heterocycles. The molecule has 1 aromatic carbocycles. The Balaban J connectivity index is 1.50. The van der Waals surface area contributed by atoms with Gasteiger partial charge in [0.15, 0.2) is 13.1 Å². The third-order valence-electron chi connectivity index (χ3n) is 5.70. The van der Waals surface area contributed by atoms with Crippen LogP contribution in [0, 0.1) is 0 Å². The molecule has 0 aromatic heterocycles. The van der Waals surface area contributed by atoms with Crippen molar-refractivity contribution in [2.24, 2.45) is 0 Å². The third-order valence-corrected chi connectivity index (χ3v) is 5.70. The van der Waals surface area contributed by atoms with Crippen molar-refractivity contribution in [1.82, 2.24) is 15.8 Å². The van der Waals surface area contributed by atoms with Crippen molar-refractivity contribution < 1.29 is 24.1 Å². The van der Waals surface area contributed by atoms with Crippen LogP contribution < -0.4 is 21.0 Å². The maximum Gasteiger partial charge on any atom is 0.344 e. The molecule has 3 rings (SSSR count). The monoisotopic (exact) mass is 416 g/mol. The summed E-state index contributed by atoms with van der Waals surface area (Å²) in [4.78, 5) is 50.3. The number of anilines is 1. The van der Waals surface area contributed by atoms with Crippen LogP contribution in [0.1, 0.15) is 44.6 Å². The highest BCUT2D eigenvalue weighted by Gasteiger charge is 2.52. The lowest BCUT2D eigenvalue weighted by atomic mass is 9.82. The Morgan fingerprint density at radius 3 is 2.47 bits per heavy atom. The van der Waals surface area contributed by atoms with Gasteiger partial charge in [0, 0.05) is 5.69 Å². The van der Waals surface area contributed by atoms with E-state index in [1.807, 2.05) is 31.2 Å². The first-order chi connectivity index (χ1) is 14.3. The first-order valence-electron chi connectivity index (χ1n) is 10.5. The van der Waals surface area contributed by atoms with Crippen LogP contribution in [0.5, 0.6) is 0 Å². The number of carbonyl (C=O) groups excluding carboxylic acids is 4. The summed E-state index contributed by atoms with van der Waals surface area (Å²) in [5.41, 5.74) is 3.32. The Bertz CT molecular complexity index is 834. The molecule has 1 aliphatic carbocycles. The number of hydrogen-bond acceptors (Lipinski definition) is 4. The maximum atomic E-state index is 12.7. The summed E-state index contributed by atoms with van der Waals surface area (Å²) in [6.07, 6.45) is 4.77. The van der Waals surface area contributed by atoms with Gasteiger partial charge in [0.25, 0.3) is 17.7 Å². The molecule has 1 spiro atoms. The van der Waals surface area contributed by atoms with Crippen LogP contribution in [0.15, 0.2) is 24.3 Å². The van der Waals surface area contributed by atoms with Crippen molar-refractivity contribution in [1.29, 1.82) is 0 Å². The molecule has 9 nitrogen and oxygen atoms in total. The van der Waals surface area contributed by atoms with Crippen molar-refractivity contribution >= 4 is 29.4 Å². The fraction of sp³-hybridized carbons (Fsp3) is 0.524. The molecule has 1 atom stereocenters. The van der Waals surface area contributed by atoms with E-state index in [0.717, 1.165) is 41.9 Å². The zero-order valence-electron chi connectivity index (χ0n) is 17.5. The average Bonchev–Trinajstić information content (AvgIpc) is 2.92. The van der Waals surface area contributed by atoms with Crippen LogP contribution in [0.3, 0.4) is 0 Å². The quantitative estimate of drug-likeness (QED) is 0.468. The van der Waals surface area contributed by atoms with E-state index in [1.165, 1.54) is 0 Å². The number of amides is 5. The lowest BCUT2D eigenvalue weighted by molar-refractivity contribution is -0.862. The number of rotatable bonds is 7. The Morgan fingerprint density at radius 1 is 1.10 bits per heavy atom. The lowest BCUT2D eigenvalue weighted by Crippen LogP contribution is -3.11. The molecule has 30 heavy (non-hydrogen) atoms. The van der Waals surface area contributed by atoms with E-state index >= 15 is 0 Å². The Kier molecular flexibility index (Phi) is 6.71. The SMILES string of the molecule is CCc1ccccc1NC(=O)C[NH+](C)CC(=O)NN1C(=O)NC2(CCCCC2)C1=O. The van der Waals surface area contributed by atoms with Gasteiger partial charge in [-0.15, -0.1) is 0 Å². The molecule has 162 valence electrons. The van der Waals surface area contributed by atoms with Gasteiger partial charge in [-0.3, -0.25) is 19.8 Å². The molecule has 2 aliphatic rings. The van der Waals surface area contributed by atoms with E-state index in [-0.39, 0.29) is 19.0 Å². The molecule has 1 saturated carbocycles. The standard InChI is InChI=1S/C21H29N5O4/c1-3-15-9-5-6-10-16(15)22-17(27)13-25(2)14-18(28)24-26-19(29)21(23-20(26)30)11-7-4-8-12-21/h5-6,9-10H,3-4,7-8,11-14H2,1-2H3,(H,22,27)(H,23,30)(H,24,28)/p+1. The zero-order chi connectivity index (χ0) is 21.7. The van der Waals surface area contributed by atoms with Gasteiger partial charge in [-0.25, -0.2) is 4.79 Å². The number of hydrogen-bond donors (Lipinski definition) is 4. The maximum absolute atomic E-state index is 12.7. The Labute approximate surface area is 176 Å². The molecular formula is C21H30N5O4+. The summed E-state index contributed by atoms with van der Waals surface area (Å²) in [5, 5.41) is 6.41. The minimum Gasteiger partial charge on any atom is -0.322 e. The first kappa shape index (κ1) is 21.8. The van der Waals surface area contributed by atoms with Crippen LogP contribution in [-0.2, 0) is 20.8 Å². The van der Waals surface area contributed by atoms with Gasteiger partial charge in [0.2, 0.25) is 0 Å². The number of carbonyl (C=O) groups is 4.